The molecule has 0 bridgehead atoms. The van der Waals surface area contributed by atoms with Crippen molar-refractivity contribution < 1.29 is 20.1 Å². The summed E-state index contributed by atoms with van der Waals surface area (Å²) in [6.07, 6.45) is 1.65. The molecule has 14 heavy (non-hydrogen) atoms. The fourth-order valence-corrected chi connectivity index (χ4v) is 1.54. The predicted octanol–water partition coefficient (Wildman–Crippen LogP) is 0.828. The predicted molar refractivity (Wildman–Crippen MR) is 52.6 cm³/mol. The van der Waals surface area contributed by atoms with Crippen molar-refractivity contribution in [3.63, 3.8) is 0 Å². The summed E-state index contributed by atoms with van der Waals surface area (Å²) in [7, 11) is 1.40. The highest BCUT2D eigenvalue weighted by Gasteiger charge is 2.12. The van der Waals surface area contributed by atoms with Gasteiger partial charge in [0.15, 0.2) is 0 Å². The zero-order chi connectivity index (χ0) is 10.7. The summed E-state index contributed by atoms with van der Waals surface area (Å²) in [4.78, 5) is 0. The van der Waals surface area contributed by atoms with E-state index in [9.17, 15) is 15.3 Å². The number of rotatable bonds is 3. The fraction of sp³-hybridized carbons (Fsp3) is 0.333. The number of thioether (sulfide) groups is 1. The van der Waals surface area contributed by atoms with Crippen LogP contribution in [0.2, 0.25) is 0 Å². The van der Waals surface area contributed by atoms with Crippen molar-refractivity contribution in [3.8, 4) is 17.2 Å². The van der Waals surface area contributed by atoms with Crippen LogP contribution in [0.5, 0.6) is 17.2 Å². The highest BCUT2D eigenvalue weighted by Crippen LogP contribution is 2.38. The molecule has 1 aromatic rings. The maximum absolute atomic E-state index is 11.4. The molecule has 0 aliphatic carbocycles. The zero-order valence-electron chi connectivity index (χ0n) is 7.85. The minimum absolute atomic E-state index is 0.00157. The second-order valence-electron chi connectivity index (χ2n) is 2.65. The van der Waals surface area contributed by atoms with Crippen LogP contribution >= 0.6 is 11.8 Å². The molecule has 5 heteroatoms. The minimum atomic E-state index is -1.01. The normalized spacial score (nSPS) is 12.5. The van der Waals surface area contributed by atoms with Gasteiger partial charge in [0, 0.05) is 11.6 Å². The van der Waals surface area contributed by atoms with Crippen molar-refractivity contribution in [2.24, 2.45) is 0 Å². The molecule has 0 fully saturated rings. The summed E-state index contributed by atoms with van der Waals surface area (Å²) >= 11 is 1.07. The maximum Gasteiger partial charge on any atom is 0.127 e. The Morgan fingerprint density at radius 3 is 2.57 bits per heavy atom. The van der Waals surface area contributed by atoms with Gasteiger partial charge < -0.3 is 20.1 Å². The van der Waals surface area contributed by atoms with Gasteiger partial charge in [-0.25, -0.2) is 0 Å². The molecule has 0 saturated heterocycles. The number of aliphatic hydroxyl groups is 1. The lowest BCUT2D eigenvalue weighted by molar-refractivity contribution is -0.270. The first kappa shape index (κ1) is 11.0. The van der Waals surface area contributed by atoms with Gasteiger partial charge >= 0.3 is 0 Å². The van der Waals surface area contributed by atoms with Crippen LogP contribution in [0.1, 0.15) is 11.0 Å². The van der Waals surface area contributed by atoms with Gasteiger partial charge in [-0.05, 0) is 12.3 Å². The van der Waals surface area contributed by atoms with E-state index < -0.39 is 11.2 Å². The zero-order valence-corrected chi connectivity index (χ0v) is 8.67. The summed E-state index contributed by atoms with van der Waals surface area (Å²) in [6, 6.07) is 2.53. The molecular formula is C9H11O4S-. The highest BCUT2D eigenvalue weighted by molar-refractivity contribution is 7.98. The smallest absolute Gasteiger partial charge is 0.127 e. The molecule has 0 saturated carbocycles. The van der Waals surface area contributed by atoms with Crippen molar-refractivity contribution in [1.82, 2.24) is 0 Å². The van der Waals surface area contributed by atoms with E-state index in [1.165, 1.54) is 19.2 Å². The van der Waals surface area contributed by atoms with Crippen LogP contribution in [0.4, 0.5) is 0 Å². The molecule has 0 aromatic heterocycles. The Bertz CT molecular complexity index is 304. The van der Waals surface area contributed by atoms with E-state index >= 15 is 0 Å². The van der Waals surface area contributed by atoms with E-state index in [2.05, 4.69) is 0 Å². The van der Waals surface area contributed by atoms with Crippen LogP contribution in [-0.2, 0) is 0 Å². The number of aliphatic hydroxyl groups excluding tert-OH is 1. The van der Waals surface area contributed by atoms with Crippen LogP contribution in [0.3, 0.4) is 0 Å². The lowest BCUT2D eigenvalue weighted by Crippen LogP contribution is -2.01. The average molecular weight is 215 g/mol. The Morgan fingerprint density at radius 1 is 1.50 bits per heavy atom. The van der Waals surface area contributed by atoms with Gasteiger partial charge in [0.1, 0.15) is 16.9 Å². The number of ether oxygens (including phenoxy) is 1. The topological polar surface area (TPSA) is 72.8 Å². The maximum atomic E-state index is 11.4. The first-order valence-corrected chi connectivity index (χ1v) is 5.17. The van der Waals surface area contributed by atoms with E-state index in [-0.39, 0.29) is 17.1 Å². The van der Waals surface area contributed by atoms with E-state index in [1.807, 2.05) is 0 Å². The molecule has 1 aromatic carbocycles. The van der Waals surface area contributed by atoms with Crippen LogP contribution in [0.25, 0.3) is 0 Å². The molecular weight excluding hydrogens is 204 g/mol. The van der Waals surface area contributed by atoms with Crippen LogP contribution < -0.4 is 9.84 Å². The first-order chi connectivity index (χ1) is 6.60. The van der Waals surface area contributed by atoms with Gasteiger partial charge in [-0.3, -0.25) is 0 Å². The molecule has 4 nitrogen and oxygen atoms in total. The Hall–Kier alpha value is -1.07. The van der Waals surface area contributed by atoms with E-state index in [1.54, 1.807) is 6.26 Å². The lowest BCUT2D eigenvalue weighted by atomic mass is 10.2. The Morgan fingerprint density at radius 2 is 2.14 bits per heavy atom. The number of aromatic hydroxyl groups is 1. The highest BCUT2D eigenvalue weighted by atomic mass is 32.2. The van der Waals surface area contributed by atoms with Crippen molar-refractivity contribution in [2.45, 2.75) is 5.44 Å². The summed E-state index contributed by atoms with van der Waals surface area (Å²) in [5.41, 5.74) is -1.01. The van der Waals surface area contributed by atoms with Crippen LogP contribution in [0.15, 0.2) is 12.1 Å². The average Bonchev–Trinajstić information content (AvgIpc) is 2.16. The first-order valence-electron chi connectivity index (χ1n) is 3.89. The molecule has 0 radical (unpaired) electrons. The van der Waals surface area contributed by atoms with Gasteiger partial charge in [-0.15, -0.1) is 11.8 Å². The third kappa shape index (κ3) is 2.05. The van der Waals surface area contributed by atoms with Gasteiger partial charge in [-0.1, -0.05) is 5.75 Å². The van der Waals surface area contributed by atoms with Crippen molar-refractivity contribution in [2.75, 3.05) is 13.4 Å². The Kier molecular flexibility index (Phi) is 3.49. The van der Waals surface area contributed by atoms with Gasteiger partial charge in [-0.2, -0.15) is 0 Å². The van der Waals surface area contributed by atoms with Gasteiger partial charge in [0.25, 0.3) is 0 Å². The van der Waals surface area contributed by atoms with Crippen LogP contribution in [-0.4, -0.2) is 23.6 Å². The van der Waals surface area contributed by atoms with Crippen LogP contribution in [0, 0.1) is 0 Å². The summed E-state index contributed by atoms with van der Waals surface area (Å²) < 4.78 is 4.80. The fourth-order valence-electron chi connectivity index (χ4n) is 1.07. The second kappa shape index (κ2) is 4.43. The number of hydrogen-bond acceptors (Lipinski definition) is 5. The third-order valence-corrected chi connectivity index (χ3v) is 2.48. The summed E-state index contributed by atoms with van der Waals surface area (Å²) in [5.74, 6) is -0.385. The molecule has 0 aliphatic rings. The number of phenols is 1. The minimum Gasteiger partial charge on any atom is -0.872 e. The second-order valence-corrected chi connectivity index (χ2v) is 3.56. The monoisotopic (exact) mass is 215 g/mol. The number of methoxy groups -OCH3 is 1. The van der Waals surface area contributed by atoms with Crippen molar-refractivity contribution >= 4 is 11.8 Å². The number of hydrogen-bond donors (Lipinski definition) is 2. The van der Waals surface area contributed by atoms with E-state index in [0.717, 1.165) is 11.8 Å². The molecule has 1 rings (SSSR count). The molecule has 1 unspecified atom stereocenters. The van der Waals surface area contributed by atoms with Gasteiger partial charge in [0.2, 0.25) is 0 Å². The van der Waals surface area contributed by atoms with Crippen molar-refractivity contribution in [1.29, 1.82) is 0 Å². The molecule has 1 atom stereocenters. The largest absolute Gasteiger partial charge is 0.872 e. The van der Waals surface area contributed by atoms with Gasteiger partial charge in [0.05, 0.1) is 7.11 Å². The Balaban J connectivity index is 3.18. The molecule has 2 N–H and O–H groups in total. The molecule has 0 amide bonds. The quantitative estimate of drug-likeness (QED) is 0.730. The summed E-state index contributed by atoms with van der Waals surface area (Å²) in [5, 5.41) is 30.3. The Labute approximate surface area is 86.1 Å². The lowest BCUT2D eigenvalue weighted by Gasteiger charge is -2.19. The third-order valence-electron chi connectivity index (χ3n) is 1.80. The van der Waals surface area contributed by atoms with Crippen molar-refractivity contribution in [3.05, 3.63) is 17.7 Å². The van der Waals surface area contributed by atoms with E-state index in [4.69, 9.17) is 4.74 Å². The molecule has 0 spiro atoms. The molecule has 78 valence electrons. The SMILES string of the molecule is COc1cc([O-])c(C(O)SC)c(O)c1. The number of phenolic OH excluding ortho intramolecular Hbond substituents is 1. The summed E-state index contributed by atoms with van der Waals surface area (Å²) in [6.45, 7) is 0. The molecule has 0 heterocycles. The molecule has 0 aliphatic heterocycles. The van der Waals surface area contributed by atoms with E-state index in [0.29, 0.717) is 0 Å². The number of benzene rings is 1. The standard InChI is InChI=1S/C9H12O4S/c1-13-5-3-6(10)8(7(11)4-5)9(12)14-2/h3-4,9-12H,1-2H3/p-1.